The average molecular weight is 343 g/mol. The van der Waals surface area contributed by atoms with Crippen LogP contribution in [-0.4, -0.2) is 19.7 Å². The summed E-state index contributed by atoms with van der Waals surface area (Å²) in [7, 11) is 1.63. The predicted octanol–water partition coefficient (Wildman–Crippen LogP) is 4.29. The molecular formula is C19H15ClO4. The van der Waals surface area contributed by atoms with Crippen molar-refractivity contribution in [3.05, 3.63) is 57.6 Å². The standard InChI is InChI=1S/C19H15ClO4/c1-22-14-4-5-15-12(9-14)2-3-13(18(15)21)6-11-7-16(20)19-17(8-11)23-10-24-19/h4-9H,2-3,10H2,1H3/b13-6-. The monoisotopic (exact) mass is 342 g/mol. The molecule has 2 aromatic rings. The van der Waals surface area contributed by atoms with Crippen LogP contribution in [0.3, 0.4) is 0 Å². The highest BCUT2D eigenvalue weighted by Crippen LogP contribution is 2.40. The minimum absolute atomic E-state index is 0.0488. The van der Waals surface area contributed by atoms with Crippen molar-refractivity contribution in [3.63, 3.8) is 0 Å². The van der Waals surface area contributed by atoms with E-state index in [1.54, 1.807) is 13.2 Å². The van der Waals surface area contributed by atoms with Crippen LogP contribution in [-0.2, 0) is 6.42 Å². The summed E-state index contributed by atoms with van der Waals surface area (Å²) in [4.78, 5) is 12.7. The molecule has 0 amide bonds. The van der Waals surface area contributed by atoms with Gasteiger partial charge in [-0.15, -0.1) is 0 Å². The third-order valence-corrected chi connectivity index (χ3v) is 4.58. The first kappa shape index (κ1) is 15.1. The molecule has 4 nitrogen and oxygen atoms in total. The van der Waals surface area contributed by atoms with Gasteiger partial charge in [0.2, 0.25) is 6.79 Å². The van der Waals surface area contributed by atoms with Crippen molar-refractivity contribution in [2.75, 3.05) is 13.9 Å². The highest BCUT2D eigenvalue weighted by Gasteiger charge is 2.23. The zero-order valence-corrected chi connectivity index (χ0v) is 13.9. The van der Waals surface area contributed by atoms with Gasteiger partial charge in [-0.05, 0) is 60.4 Å². The summed E-state index contributed by atoms with van der Waals surface area (Å²) in [5, 5.41) is 0.491. The van der Waals surface area contributed by atoms with E-state index in [1.807, 2.05) is 30.3 Å². The van der Waals surface area contributed by atoms with E-state index in [0.29, 0.717) is 22.9 Å². The summed E-state index contributed by atoms with van der Waals surface area (Å²) >= 11 is 6.21. The Morgan fingerprint density at radius 3 is 2.88 bits per heavy atom. The minimum Gasteiger partial charge on any atom is -0.497 e. The third kappa shape index (κ3) is 2.53. The molecule has 0 saturated carbocycles. The normalized spacial score (nSPS) is 17.1. The second kappa shape index (κ2) is 5.87. The number of benzene rings is 2. The number of halogens is 1. The fourth-order valence-corrected chi connectivity index (χ4v) is 3.36. The molecule has 0 saturated heterocycles. The molecule has 0 unspecified atom stereocenters. The second-order valence-corrected chi connectivity index (χ2v) is 6.17. The van der Waals surface area contributed by atoms with E-state index < -0.39 is 0 Å². The molecule has 5 heteroatoms. The Hall–Kier alpha value is -2.46. The van der Waals surface area contributed by atoms with Gasteiger partial charge in [0.1, 0.15) is 5.75 Å². The molecule has 1 heterocycles. The molecule has 0 atom stereocenters. The number of fused-ring (bicyclic) bond motifs is 2. The van der Waals surface area contributed by atoms with Crippen molar-refractivity contribution in [1.82, 2.24) is 0 Å². The van der Waals surface area contributed by atoms with Gasteiger partial charge < -0.3 is 14.2 Å². The zero-order chi connectivity index (χ0) is 16.7. The number of carbonyl (C=O) groups is 1. The van der Waals surface area contributed by atoms with Crippen LogP contribution >= 0.6 is 11.6 Å². The molecule has 0 N–H and O–H groups in total. The van der Waals surface area contributed by atoms with Gasteiger partial charge in [-0.2, -0.15) is 0 Å². The lowest BCUT2D eigenvalue weighted by molar-refractivity contribution is 0.102. The number of rotatable bonds is 2. The largest absolute Gasteiger partial charge is 0.497 e. The molecule has 1 aliphatic heterocycles. The third-order valence-electron chi connectivity index (χ3n) is 4.30. The van der Waals surface area contributed by atoms with Crippen LogP contribution in [0.5, 0.6) is 17.2 Å². The van der Waals surface area contributed by atoms with Crippen molar-refractivity contribution < 1.29 is 19.0 Å². The molecule has 0 aromatic heterocycles. The van der Waals surface area contributed by atoms with Crippen LogP contribution in [0.1, 0.15) is 27.9 Å². The topological polar surface area (TPSA) is 44.8 Å². The maximum atomic E-state index is 12.7. The Labute approximate surface area is 144 Å². The number of hydrogen-bond acceptors (Lipinski definition) is 4. The molecule has 4 rings (SSSR count). The molecule has 1 aliphatic carbocycles. The maximum Gasteiger partial charge on any atom is 0.231 e. The first-order valence-corrected chi connectivity index (χ1v) is 8.05. The van der Waals surface area contributed by atoms with E-state index in [2.05, 4.69) is 0 Å². The smallest absolute Gasteiger partial charge is 0.231 e. The molecule has 2 aliphatic rings. The van der Waals surface area contributed by atoms with Crippen molar-refractivity contribution in [2.24, 2.45) is 0 Å². The van der Waals surface area contributed by atoms with Crippen molar-refractivity contribution in [3.8, 4) is 17.2 Å². The highest BCUT2D eigenvalue weighted by molar-refractivity contribution is 6.32. The number of Topliss-reactive ketones (excluding diaryl/α,β-unsaturated/α-hetero) is 1. The average Bonchev–Trinajstić information content (AvgIpc) is 3.06. The Kier molecular flexibility index (Phi) is 3.69. The van der Waals surface area contributed by atoms with E-state index >= 15 is 0 Å². The van der Waals surface area contributed by atoms with Gasteiger partial charge in [0.05, 0.1) is 12.1 Å². The highest BCUT2D eigenvalue weighted by atomic mass is 35.5. The van der Waals surface area contributed by atoms with E-state index in [4.69, 9.17) is 25.8 Å². The van der Waals surface area contributed by atoms with Gasteiger partial charge in [0, 0.05) is 11.1 Å². The molecule has 2 aromatic carbocycles. The molecule has 0 bridgehead atoms. The zero-order valence-electron chi connectivity index (χ0n) is 13.1. The number of methoxy groups -OCH3 is 1. The summed E-state index contributed by atoms with van der Waals surface area (Å²) in [6, 6.07) is 9.21. The van der Waals surface area contributed by atoms with E-state index in [-0.39, 0.29) is 12.6 Å². The van der Waals surface area contributed by atoms with Crippen molar-refractivity contribution >= 4 is 23.5 Å². The van der Waals surface area contributed by atoms with E-state index in [9.17, 15) is 4.79 Å². The van der Waals surface area contributed by atoms with E-state index in [0.717, 1.165) is 34.4 Å². The molecule has 0 fully saturated rings. The van der Waals surface area contributed by atoms with Crippen LogP contribution in [0.25, 0.3) is 6.08 Å². The summed E-state index contributed by atoms with van der Waals surface area (Å²) in [6.07, 6.45) is 3.37. The maximum absolute atomic E-state index is 12.7. The minimum atomic E-state index is 0.0488. The number of allylic oxidation sites excluding steroid dienone is 1. The number of aryl methyl sites for hydroxylation is 1. The molecule has 24 heavy (non-hydrogen) atoms. The quantitative estimate of drug-likeness (QED) is 0.764. The van der Waals surface area contributed by atoms with Gasteiger partial charge in [-0.3, -0.25) is 4.79 Å². The first-order chi connectivity index (χ1) is 11.7. The summed E-state index contributed by atoms with van der Waals surface area (Å²) in [5.74, 6) is 2.00. The lowest BCUT2D eigenvalue weighted by Gasteiger charge is -2.18. The lowest BCUT2D eigenvalue weighted by Crippen LogP contribution is -2.14. The SMILES string of the molecule is COc1ccc2c(c1)CC/C(=C/c1cc(Cl)c3c(c1)OCO3)C2=O. The predicted molar refractivity (Wildman–Crippen MR) is 91.2 cm³/mol. The fourth-order valence-electron chi connectivity index (χ4n) is 3.09. The van der Waals surface area contributed by atoms with Crippen LogP contribution in [0, 0.1) is 0 Å². The molecule has 0 radical (unpaired) electrons. The van der Waals surface area contributed by atoms with Crippen molar-refractivity contribution in [2.45, 2.75) is 12.8 Å². The summed E-state index contributed by atoms with van der Waals surface area (Å²) in [5.41, 5.74) is 3.37. The first-order valence-electron chi connectivity index (χ1n) is 7.67. The van der Waals surface area contributed by atoms with Crippen LogP contribution in [0.15, 0.2) is 35.9 Å². The number of carbonyl (C=O) groups excluding carboxylic acids is 1. The van der Waals surface area contributed by atoms with Crippen LogP contribution in [0.4, 0.5) is 0 Å². The van der Waals surface area contributed by atoms with Crippen LogP contribution in [0.2, 0.25) is 5.02 Å². The Bertz CT molecular complexity index is 870. The summed E-state index contributed by atoms with van der Waals surface area (Å²) in [6.45, 7) is 0.170. The van der Waals surface area contributed by atoms with E-state index in [1.165, 1.54) is 0 Å². The Balaban J connectivity index is 1.69. The van der Waals surface area contributed by atoms with Gasteiger partial charge in [-0.25, -0.2) is 0 Å². The van der Waals surface area contributed by atoms with Crippen molar-refractivity contribution in [1.29, 1.82) is 0 Å². The van der Waals surface area contributed by atoms with Crippen LogP contribution < -0.4 is 14.2 Å². The number of ketones is 1. The van der Waals surface area contributed by atoms with Gasteiger partial charge in [0.15, 0.2) is 17.3 Å². The lowest BCUT2D eigenvalue weighted by atomic mass is 9.86. The number of hydrogen-bond donors (Lipinski definition) is 0. The van der Waals surface area contributed by atoms with Gasteiger partial charge >= 0.3 is 0 Å². The number of ether oxygens (including phenoxy) is 3. The molecular weight excluding hydrogens is 328 g/mol. The van der Waals surface area contributed by atoms with Gasteiger partial charge in [-0.1, -0.05) is 11.6 Å². The second-order valence-electron chi connectivity index (χ2n) is 5.76. The fraction of sp³-hybridized carbons (Fsp3) is 0.211. The molecule has 0 spiro atoms. The Morgan fingerprint density at radius 1 is 1.17 bits per heavy atom. The Morgan fingerprint density at radius 2 is 2.04 bits per heavy atom. The summed E-state index contributed by atoms with van der Waals surface area (Å²) < 4.78 is 15.9. The van der Waals surface area contributed by atoms with Gasteiger partial charge in [0.25, 0.3) is 0 Å². The molecule has 122 valence electrons.